The molecule has 2 nitrogen and oxygen atoms in total. The van der Waals surface area contributed by atoms with E-state index in [2.05, 4.69) is 19.2 Å². The van der Waals surface area contributed by atoms with Crippen molar-refractivity contribution < 1.29 is 5.11 Å². The van der Waals surface area contributed by atoms with Crippen LogP contribution in [0.25, 0.3) is 0 Å². The Labute approximate surface area is 91.9 Å². The van der Waals surface area contributed by atoms with Crippen LogP contribution in [0, 0.1) is 5.92 Å². The second kappa shape index (κ2) is 6.70. The van der Waals surface area contributed by atoms with Crippen LogP contribution in [0.4, 0.5) is 0 Å². The van der Waals surface area contributed by atoms with E-state index in [-0.39, 0.29) is 0 Å². The third kappa shape index (κ3) is 4.67. The molecule has 0 aromatic carbocycles. The van der Waals surface area contributed by atoms with Crippen LogP contribution >= 0.6 is 11.8 Å². The molecule has 0 aromatic rings. The molecular weight excluding hydrogens is 194 g/mol. The second-order valence-corrected chi connectivity index (χ2v) is 5.63. The minimum Gasteiger partial charge on any atom is -0.396 e. The first kappa shape index (κ1) is 12.3. The first-order valence-corrected chi connectivity index (χ1v) is 6.78. The van der Waals surface area contributed by atoms with Gasteiger partial charge in [0.2, 0.25) is 0 Å². The Morgan fingerprint density at radius 2 is 2.21 bits per heavy atom. The highest BCUT2D eigenvalue weighted by Gasteiger charge is 2.30. The van der Waals surface area contributed by atoms with Crippen molar-refractivity contribution in [3.05, 3.63) is 0 Å². The Morgan fingerprint density at radius 1 is 1.50 bits per heavy atom. The Kier molecular flexibility index (Phi) is 5.90. The van der Waals surface area contributed by atoms with Crippen LogP contribution in [0.2, 0.25) is 0 Å². The van der Waals surface area contributed by atoms with Gasteiger partial charge in [0, 0.05) is 23.7 Å². The summed E-state index contributed by atoms with van der Waals surface area (Å²) in [4.78, 5) is 0. The summed E-state index contributed by atoms with van der Waals surface area (Å²) in [7, 11) is 0. The van der Waals surface area contributed by atoms with E-state index in [9.17, 15) is 0 Å². The van der Waals surface area contributed by atoms with Crippen LogP contribution in [0.3, 0.4) is 0 Å². The summed E-state index contributed by atoms with van der Waals surface area (Å²) >= 11 is 1.99. The Hall–Kier alpha value is 0.270. The van der Waals surface area contributed by atoms with Gasteiger partial charge in [-0.15, -0.1) is 0 Å². The molecule has 14 heavy (non-hydrogen) atoms. The summed E-state index contributed by atoms with van der Waals surface area (Å²) in [5, 5.41) is 13.0. The summed E-state index contributed by atoms with van der Waals surface area (Å²) in [6.07, 6.45) is 3.74. The number of nitrogens with one attached hydrogen (secondary N) is 1. The fourth-order valence-corrected chi connectivity index (χ4v) is 2.85. The van der Waals surface area contributed by atoms with E-state index in [1.807, 2.05) is 11.8 Å². The van der Waals surface area contributed by atoms with E-state index in [0.29, 0.717) is 17.9 Å². The van der Waals surface area contributed by atoms with E-state index in [1.165, 1.54) is 18.6 Å². The summed E-state index contributed by atoms with van der Waals surface area (Å²) in [5.74, 6) is 2.14. The van der Waals surface area contributed by atoms with E-state index in [4.69, 9.17) is 5.11 Å². The molecule has 2 atom stereocenters. The van der Waals surface area contributed by atoms with Gasteiger partial charge in [0.05, 0.1) is 0 Å². The molecule has 2 unspecified atom stereocenters. The monoisotopic (exact) mass is 217 g/mol. The fourth-order valence-electron chi connectivity index (χ4n) is 1.66. The summed E-state index contributed by atoms with van der Waals surface area (Å²) in [6, 6.07) is 0.714. The standard InChI is InChI=1S/C11H23NOS/c1-3-12-11(10-4-5-10)8-14-9(2)6-7-13/h9-13H,3-8H2,1-2H3. The van der Waals surface area contributed by atoms with Crippen molar-refractivity contribution in [3.63, 3.8) is 0 Å². The largest absolute Gasteiger partial charge is 0.396 e. The first-order valence-electron chi connectivity index (χ1n) is 5.73. The van der Waals surface area contributed by atoms with E-state index >= 15 is 0 Å². The maximum Gasteiger partial charge on any atom is 0.0441 e. The maximum absolute atomic E-state index is 8.80. The molecule has 1 aliphatic carbocycles. The predicted molar refractivity (Wildman–Crippen MR) is 63.8 cm³/mol. The lowest BCUT2D eigenvalue weighted by atomic mass is 10.2. The molecule has 0 spiro atoms. The average Bonchev–Trinajstić information content (AvgIpc) is 2.96. The van der Waals surface area contributed by atoms with Gasteiger partial charge in [-0.25, -0.2) is 0 Å². The maximum atomic E-state index is 8.80. The van der Waals surface area contributed by atoms with Gasteiger partial charge in [0.15, 0.2) is 0 Å². The SMILES string of the molecule is CCNC(CSC(C)CCO)C1CC1. The summed E-state index contributed by atoms with van der Waals surface area (Å²) in [5.41, 5.74) is 0. The zero-order valence-corrected chi connectivity index (χ0v) is 10.1. The molecule has 1 rings (SSSR count). The van der Waals surface area contributed by atoms with Crippen molar-refractivity contribution in [1.29, 1.82) is 0 Å². The fraction of sp³-hybridized carbons (Fsp3) is 1.00. The van der Waals surface area contributed by atoms with Gasteiger partial charge in [-0.2, -0.15) is 11.8 Å². The number of hydrogen-bond donors (Lipinski definition) is 2. The van der Waals surface area contributed by atoms with Crippen LogP contribution in [0.5, 0.6) is 0 Å². The molecule has 1 aliphatic rings. The van der Waals surface area contributed by atoms with Crippen molar-refractivity contribution in [3.8, 4) is 0 Å². The number of hydrogen-bond acceptors (Lipinski definition) is 3. The van der Waals surface area contributed by atoms with Gasteiger partial charge in [0.1, 0.15) is 0 Å². The minimum absolute atomic E-state index is 0.323. The smallest absolute Gasteiger partial charge is 0.0441 e. The van der Waals surface area contributed by atoms with Crippen LogP contribution in [0.1, 0.15) is 33.1 Å². The molecule has 3 heteroatoms. The minimum atomic E-state index is 0.323. The zero-order chi connectivity index (χ0) is 10.4. The molecule has 0 aromatic heterocycles. The molecular formula is C11H23NOS. The van der Waals surface area contributed by atoms with E-state index in [0.717, 1.165) is 18.9 Å². The summed E-state index contributed by atoms with van der Waals surface area (Å²) < 4.78 is 0. The number of aliphatic hydroxyl groups is 1. The summed E-state index contributed by atoms with van der Waals surface area (Å²) in [6.45, 7) is 5.79. The molecule has 0 saturated heterocycles. The highest BCUT2D eigenvalue weighted by Crippen LogP contribution is 2.34. The molecule has 0 heterocycles. The van der Waals surface area contributed by atoms with Crippen molar-refractivity contribution >= 4 is 11.8 Å². The number of thioether (sulfide) groups is 1. The molecule has 0 radical (unpaired) electrons. The van der Waals surface area contributed by atoms with Crippen molar-refractivity contribution in [2.75, 3.05) is 18.9 Å². The van der Waals surface area contributed by atoms with Crippen LogP contribution < -0.4 is 5.32 Å². The third-order valence-corrected chi connectivity index (χ3v) is 4.11. The average molecular weight is 217 g/mol. The first-order chi connectivity index (χ1) is 6.77. The number of aliphatic hydroxyl groups excluding tert-OH is 1. The Bertz CT molecular complexity index is 150. The van der Waals surface area contributed by atoms with Crippen LogP contribution in [-0.4, -0.2) is 35.3 Å². The third-order valence-electron chi connectivity index (χ3n) is 2.75. The Morgan fingerprint density at radius 3 is 2.71 bits per heavy atom. The van der Waals surface area contributed by atoms with Gasteiger partial charge in [-0.1, -0.05) is 13.8 Å². The van der Waals surface area contributed by atoms with Crippen molar-refractivity contribution in [2.24, 2.45) is 5.92 Å². The lowest BCUT2D eigenvalue weighted by Crippen LogP contribution is -2.33. The highest BCUT2D eigenvalue weighted by molar-refractivity contribution is 7.99. The number of rotatable bonds is 8. The van der Waals surface area contributed by atoms with Gasteiger partial charge in [-0.3, -0.25) is 0 Å². The van der Waals surface area contributed by atoms with E-state index < -0.39 is 0 Å². The van der Waals surface area contributed by atoms with Crippen molar-refractivity contribution in [1.82, 2.24) is 5.32 Å². The molecule has 2 N–H and O–H groups in total. The molecule has 0 aliphatic heterocycles. The second-order valence-electron chi connectivity index (χ2n) is 4.16. The molecule has 84 valence electrons. The van der Waals surface area contributed by atoms with Gasteiger partial charge in [0.25, 0.3) is 0 Å². The predicted octanol–water partition coefficient (Wildman–Crippen LogP) is 1.88. The Balaban J connectivity index is 2.12. The quantitative estimate of drug-likeness (QED) is 0.651. The lowest BCUT2D eigenvalue weighted by molar-refractivity contribution is 0.289. The van der Waals surface area contributed by atoms with Crippen LogP contribution in [-0.2, 0) is 0 Å². The zero-order valence-electron chi connectivity index (χ0n) is 9.33. The molecule has 0 amide bonds. The molecule has 0 bridgehead atoms. The topological polar surface area (TPSA) is 32.3 Å². The van der Waals surface area contributed by atoms with Crippen molar-refractivity contribution in [2.45, 2.75) is 44.4 Å². The lowest BCUT2D eigenvalue weighted by Gasteiger charge is -2.19. The van der Waals surface area contributed by atoms with Gasteiger partial charge >= 0.3 is 0 Å². The van der Waals surface area contributed by atoms with Gasteiger partial charge in [-0.05, 0) is 31.7 Å². The molecule has 1 saturated carbocycles. The van der Waals surface area contributed by atoms with Crippen LogP contribution in [0.15, 0.2) is 0 Å². The van der Waals surface area contributed by atoms with E-state index in [1.54, 1.807) is 0 Å². The van der Waals surface area contributed by atoms with Gasteiger partial charge < -0.3 is 10.4 Å². The molecule has 1 fully saturated rings. The highest BCUT2D eigenvalue weighted by atomic mass is 32.2. The normalized spacial score (nSPS) is 20.8.